The summed E-state index contributed by atoms with van der Waals surface area (Å²) < 4.78 is 14.7. The molecule has 2 unspecified atom stereocenters. The molecule has 0 amide bonds. The van der Waals surface area contributed by atoms with Crippen LogP contribution < -0.4 is 4.90 Å². The van der Waals surface area contributed by atoms with Crippen LogP contribution in [-0.2, 0) is 0 Å². The van der Waals surface area contributed by atoms with Gasteiger partial charge in [-0.05, 0) is 43.4 Å². The molecule has 1 aliphatic heterocycles. The molecule has 1 saturated heterocycles. The van der Waals surface area contributed by atoms with Gasteiger partial charge in [-0.15, -0.1) is 0 Å². The molecule has 2 aliphatic rings. The van der Waals surface area contributed by atoms with E-state index >= 15 is 0 Å². The summed E-state index contributed by atoms with van der Waals surface area (Å²) in [7, 11) is 0. The number of nitrogens with zero attached hydrogens (tertiary/aromatic N) is 2. The number of anilines is 1. The van der Waals surface area contributed by atoms with Crippen LogP contribution in [0, 0.1) is 11.7 Å². The van der Waals surface area contributed by atoms with Crippen molar-refractivity contribution in [2.45, 2.75) is 25.3 Å². The van der Waals surface area contributed by atoms with Gasteiger partial charge in [0.2, 0.25) is 0 Å². The average Bonchev–Trinajstić information content (AvgIpc) is 3.02. The predicted octanol–water partition coefficient (Wildman–Crippen LogP) is 4.02. The second-order valence-corrected chi connectivity index (χ2v) is 5.98. The molecule has 4 heteroatoms. The summed E-state index contributed by atoms with van der Waals surface area (Å²) in [5.41, 5.74) is 1.07. The highest BCUT2D eigenvalue weighted by atomic mass is 35.5. The number of halogens is 2. The SMILES string of the molecule is Fc1c(N2CC3CCC2C3)ccc2c(Cl)ccnc12. The van der Waals surface area contributed by atoms with Crippen LogP contribution >= 0.6 is 11.6 Å². The average molecular weight is 277 g/mol. The second kappa shape index (κ2) is 4.07. The number of hydrogen-bond donors (Lipinski definition) is 0. The van der Waals surface area contributed by atoms with E-state index in [1.54, 1.807) is 12.3 Å². The smallest absolute Gasteiger partial charge is 0.172 e. The van der Waals surface area contributed by atoms with Crippen LogP contribution in [0.25, 0.3) is 10.9 Å². The lowest BCUT2D eigenvalue weighted by molar-refractivity contribution is 0.542. The van der Waals surface area contributed by atoms with Gasteiger partial charge in [0.25, 0.3) is 0 Å². The van der Waals surface area contributed by atoms with Crippen LogP contribution in [0.2, 0.25) is 5.02 Å². The van der Waals surface area contributed by atoms with Crippen LogP contribution in [0.3, 0.4) is 0 Å². The Morgan fingerprint density at radius 1 is 1.26 bits per heavy atom. The summed E-state index contributed by atoms with van der Waals surface area (Å²) in [5.74, 6) is 0.514. The molecule has 2 aromatic rings. The highest BCUT2D eigenvalue weighted by Crippen LogP contribution is 2.42. The van der Waals surface area contributed by atoms with Crippen molar-refractivity contribution in [2.24, 2.45) is 5.92 Å². The van der Waals surface area contributed by atoms with Gasteiger partial charge in [-0.2, -0.15) is 0 Å². The van der Waals surface area contributed by atoms with E-state index in [9.17, 15) is 4.39 Å². The Hall–Kier alpha value is -1.35. The second-order valence-electron chi connectivity index (χ2n) is 5.57. The van der Waals surface area contributed by atoms with Gasteiger partial charge in [-0.1, -0.05) is 11.6 Å². The van der Waals surface area contributed by atoms with Gasteiger partial charge in [0, 0.05) is 24.2 Å². The molecule has 1 aromatic heterocycles. The monoisotopic (exact) mass is 276 g/mol. The van der Waals surface area contributed by atoms with Gasteiger partial charge in [-0.25, -0.2) is 4.39 Å². The van der Waals surface area contributed by atoms with E-state index in [0.29, 0.717) is 27.7 Å². The van der Waals surface area contributed by atoms with Gasteiger partial charge in [0.15, 0.2) is 5.82 Å². The molecule has 2 nitrogen and oxygen atoms in total. The number of rotatable bonds is 1. The van der Waals surface area contributed by atoms with Gasteiger partial charge >= 0.3 is 0 Å². The summed E-state index contributed by atoms with van der Waals surface area (Å²) in [6, 6.07) is 5.94. The highest BCUT2D eigenvalue weighted by molar-refractivity contribution is 6.35. The third kappa shape index (κ3) is 1.64. The predicted molar refractivity (Wildman–Crippen MR) is 75.2 cm³/mol. The molecule has 0 N–H and O–H groups in total. The Balaban J connectivity index is 1.85. The molecule has 98 valence electrons. The Morgan fingerprint density at radius 2 is 2.16 bits per heavy atom. The van der Waals surface area contributed by atoms with Gasteiger partial charge in [-0.3, -0.25) is 4.98 Å². The molecule has 0 spiro atoms. The molecule has 4 rings (SSSR count). The molecule has 0 radical (unpaired) electrons. The molecule has 2 atom stereocenters. The van der Waals surface area contributed by atoms with Gasteiger partial charge < -0.3 is 4.90 Å². The highest BCUT2D eigenvalue weighted by Gasteiger charge is 2.38. The fourth-order valence-electron chi connectivity index (χ4n) is 3.58. The zero-order chi connectivity index (χ0) is 13.0. The first kappa shape index (κ1) is 11.5. The van der Waals surface area contributed by atoms with E-state index in [4.69, 9.17) is 11.6 Å². The molecule has 2 fully saturated rings. The Bertz CT molecular complexity index is 658. The molecule has 2 bridgehead atoms. The largest absolute Gasteiger partial charge is 0.366 e. The molecular weight excluding hydrogens is 263 g/mol. The quantitative estimate of drug-likeness (QED) is 0.782. The van der Waals surface area contributed by atoms with Crippen LogP contribution in [-0.4, -0.2) is 17.6 Å². The standard InChI is InChI=1S/C15H14ClFN2/c16-12-5-6-18-15-11(12)3-4-13(14(15)17)19-8-9-1-2-10(19)7-9/h3-6,9-10H,1-2,7-8H2. The zero-order valence-electron chi connectivity index (χ0n) is 10.4. The van der Waals surface area contributed by atoms with Gasteiger partial charge in [0.1, 0.15) is 5.52 Å². The minimum atomic E-state index is -0.229. The van der Waals surface area contributed by atoms with E-state index in [1.165, 1.54) is 19.3 Å². The molecule has 1 saturated carbocycles. The normalized spacial score (nSPS) is 25.5. The van der Waals surface area contributed by atoms with Crippen molar-refractivity contribution >= 4 is 28.2 Å². The number of pyridine rings is 1. The van der Waals surface area contributed by atoms with Crippen molar-refractivity contribution in [3.05, 3.63) is 35.2 Å². The maximum Gasteiger partial charge on any atom is 0.172 e. The first-order chi connectivity index (χ1) is 9.24. The topological polar surface area (TPSA) is 16.1 Å². The molecule has 1 aromatic carbocycles. The number of benzene rings is 1. The van der Waals surface area contributed by atoms with Crippen molar-refractivity contribution in [1.29, 1.82) is 0 Å². The number of aromatic nitrogens is 1. The summed E-state index contributed by atoms with van der Waals surface area (Å²) in [4.78, 5) is 6.36. The molecule has 1 aliphatic carbocycles. The first-order valence-corrected chi connectivity index (χ1v) is 7.11. The van der Waals surface area contributed by atoms with Crippen molar-refractivity contribution in [2.75, 3.05) is 11.4 Å². The van der Waals surface area contributed by atoms with Gasteiger partial charge in [0.05, 0.1) is 10.7 Å². The molecule has 19 heavy (non-hydrogen) atoms. The summed E-state index contributed by atoms with van der Waals surface area (Å²) in [6.07, 6.45) is 5.25. The lowest BCUT2D eigenvalue weighted by Gasteiger charge is -2.29. The van der Waals surface area contributed by atoms with Crippen LogP contribution in [0.15, 0.2) is 24.4 Å². The fourth-order valence-corrected chi connectivity index (χ4v) is 3.79. The summed E-state index contributed by atoms with van der Waals surface area (Å²) in [5, 5.41) is 1.24. The van der Waals surface area contributed by atoms with Crippen molar-refractivity contribution in [3.63, 3.8) is 0 Å². The molecule has 2 heterocycles. The number of piperidine rings is 1. The van der Waals surface area contributed by atoms with E-state index in [0.717, 1.165) is 12.5 Å². The maximum atomic E-state index is 14.7. The van der Waals surface area contributed by atoms with Crippen LogP contribution in [0.1, 0.15) is 19.3 Å². The van der Waals surface area contributed by atoms with Crippen LogP contribution in [0.5, 0.6) is 0 Å². The van der Waals surface area contributed by atoms with E-state index in [2.05, 4.69) is 9.88 Å². The Kier molecular flexibility index (Phi) is 2.46. The summed E-state index contributed by atoms with van der Waals surface area (Å²) in [6.45, 7) is 0.980. The molecular formula is C15H14ClFN2. The lowest BCUT2D eigenvalue weighted by Crippen LogP contribution is -2.32. The maximum absolute atomic E-state index is 14.7. The Labute approximate surface area is 116 Å². The van der Waals surface area contributed by atoms with Crippen LogP contribution in [0.4, 0.5) is 10.1 Å². The van der Waals surface area contributed by atoms with E-state index in [1.807, 2.05) is 12.1 Å². The fraction of sp³-hybridized carbons (Fsp3) is 0.400. The van der Waals surface area contributed by atoms with Crippen molar-refractivity contribution in [3.8, 4) is 0 Å². The Morgan fingerprint density at radius 3 is 2.89 bits per heavy atom. The third-order valence-corrected chi connectivity index (χ3v) is 4.83. The minimum Gasteiger partial charge on any atom is -0.366 e. The third-order valence-electron chi connectivity index (χ3n) is 4.50. The van der Waals surface area contributed by atoms with Crippen molar-refractivity contribution in [1.82, 2.24) is 4.98 Å². The zero-order valence-corrected chi connectivity index (χ0v) is 11.2. The van der Waals surface area contributed by atoms with E-state index in [-0.39, 0.29) is 5.82 Å². The van der Waals surface area contributed by atoms with Crippen molar-refractivity contribution < 1.29 is 4.39 Å². The lowest BCUT2D eigenvalue weighted by atomic mass is 10.1. The van der Waals surface area contributed by atoms with E-state index < -0.39 is 0 Å². The summed E-state index contributed by atoms with van der Waals surface area (Å²) >= 11 is 6.08. The first-order valence-electron chi connectivity index (χ1n) is 6.73. The number of fused-ring (bicyclic) bond motifs is 3. The minimum absolute atomic E-state index is 0.229. The number of hydrogen-bond acceptors (Lipinski definition) is 2.